The predicted molar refractivity (Wildman–Crippen MR) is 37.5 cm³/mol. The molecule has 8 heavy (non-hydrogen) atoms. The van der Waals surface area contributed by atoms with Crippen LogP contribution < -0.4 is 0 Å². The van der Waals surface area contributed by atoms with Crippen molar-refractivity contribution >= 4 is 15.7 Å². The van der Waals surface area contributed by atoms with Gasteiger partial charge in [-0.05, 0) is 0 Å². The van der Waals surface area contributed by atoms with Gasteiger partial charge >= 0.3 is 0 Å². The van der Waals surface area contributed by atoms with Crippen molar-refractivity contribution in [2.45, 2.75) is 37.3 Å². The lowest BCUT2D eigenvalue weighted by Gasteiger charge is -2.53. The average Bonchev–Trinajstić information content (AvgIpc) is 1.64. The van der Waals surface area contributed by atoms with Crippen LogP contribution in [0.15, 0.2) is 0 Å². The van der Waals surface area contributed by atoms with Crippen molar-refractivity contribution in [1.82, 2.24) is 0 Å². The van der Waals surface area contributed by atoms with Gasteiger partial charge in [-0.2, -0.15) is 0 Å². The summed E-state index contributed by atoms with van der Waals surface area (Å²) in [4.78, 5) is 0. The van der Waals surface area contributed by atoms with Crippen molar-refractivity contribution in [1.29, 1.82) is 0 Å². The Bertz CT molecular complexity index is 91.1. The molecule has 0 aliphatic heterocycles. The first-order chi connectivity index (χ1) is 3.46. The number of hydrogen-bond acceptors (Lipinski definition) is 0. The molecule has 1 saturated carbocycles. The highest BCUT2D eigenvalue weighted by molar-refractivity contribution is 6.27. The normalized spacial score (nSPS) is 55.2. The molecule has 1 aliphatic carbocycles. The molecule has 1 fully saturated rings. The Balaban J connectivity index is 2.63. The summed E-state index contributed by atoms with van der Waals surface area (Å²) in [6.07, 6.45) is 2.14. The first-order valence-electron chi connectivity index (χ1n) is 3.03. The lowest BCUT2D eigenvalue weighted by Crippen LogP contribution is -2.36. The molecule has 1 aliphatic rings. The van der Waals surface area contributed by atoms with Crippen molar-refractivity contribution in [3.63, 3.8) is 0 Å². The van der Waals surface area contributed by atoms with Crippen LogP contribution in [0.4, 0.5) is 0 Å². The topological polar surface area (TPSA) is 0 Å². The molecule has 0 spiro atoms. The van der Waals surface area contributed by atoms with Gasteiger partial charge in [0.1, 0.15) is 0 Å². The fraction of sp³-hybridized carbons (Fsp3) is 1.00. The van der Waals surface area contributed by atoms with Gasteiger partial charge in [-0.1, -0.05) is 37.3 Å². The second-order valence-electron chi connectivity index (χ2n) is 3.33. The highest BCUT2D eigenvalue weighted by atomic mass is 14.4. The second-order valence-corrected chi connectivity index (χ2v) is 3.33. The van der Waals surface area contributed by atoms with Crippen LogP contribution in [0.5, 0.6) is 0 Å². The Morgan fingerprint density at radius 3 is 1.25 bits per heavy atom. The molecule has 2 unspecified atom stereocenters. The van der Waals surface area contributed by atoms with Crippen LogP contribution in [0.25, 0.3) is 0 Å². The predicted octanol–water partition coefficient (Wildman–Crippen LogP) is 1.47. The van der Waals surface area contributed by atoms with Gasteiger partial charge in [0.2, 0.25) is 0 Å². The quantitative estimate of drug-likeness (QED) is 0.408. The van der Waals surface area contributed by atoms with Crippen molar-refractivity contribution in [2.24, 2.45) is 0 Å². The third-order valence-electron chi connectivity index (χ3n) is 2.47. The Hall–Kier alpha value is 0.130. The average molecular weight is 104 g/mol. The van der Waals surface area contributed by atoms with Crippen molar-refractivity contribution in [3.05, 3.63) is 0 Å². The number of rotatable bonds is 0. The summed E-state index contributed by atoms with van der Waals surface area (Å²) in [7, 11) is 11.5. The molecule has 0 aromatic rings. The second kappa shape index (κ2) is 1.34. The first-order valence-corrected chi connectivity index (χ1v) is 3.03. The SMILES string of the molecule is [B]C1(C)CCC1([B])C. The lowest BCUT2D eigenvalue weighted by atomic mass is 9.35. The molecule has 0 aromatic carbocycles. The summed E-state index contributed by atoms with van der Waals surface area (Å²) in [5.41, 5.74) is 0. The third-order valence-corrected chi connectivity index (χ3v) is 2.47. The van der Waals surface area contributed by atoms with E-state index >= 15 is 0 Å². The molecular weight excluding hydrogens is 93.7 g/mol. The maximum Gasteiger partial charge on any atom is 0.0739 e. The highest BCUT2D eigenvalue weighted by Crippen LogP contribution is 2.63. The van der Waals surface area contributed by atoms with E-state index < -0.39 is 0 Å². The van der Waals surface area contributed by atoms with E-state index in [0.717, 1.165) is 12.8 Å². The van der Waals surface area contributed by atoms with Gasteiger partial charge in [0.05, 0.1) is 15.7 Å². The summed E-state index contributed by atoms with van der Waals surface area (Å²) in [6.45, 7) is 4.02. The Morgan fingerprint density at radius 1 is 1.00 bits per heavy atom. The summed E-state index contributed by atoms with van der Waals surface area (Å²) in [5, 5.41) is -0.208. The minimum Gasteiger partial charge on any atom is -0.0713 e. The number of hydrogen-bond donors (Lipinski definition) is 0. The van der Waals surface area contributed by atoms with E-state index in [4.69, 9.17) is 15.7 Å². The van der Waals surface area contributed by atoms with Crippen molar-refractivity contribution < 1.29 is 0 Å². The Kier molecular flexibility index (Phi) is 1.05. The van der Waals surface area contributed by atoms with Gasteiger partial charge in [-0.3, -0.25) is 0 Å². The molecule has 0 saturated heterocycles. The fourth-order valence-electron chi connectivity index (χ4n) is 0.914. The zero-order valence-corrected chi connectivity index (χ0v) is 5.57. The van der Waals surface area contributed by atoms with Crippen molar-refractivity contribution in [3.8, 4) is 0 Å². The molecule has 2 atom stereocenters. The van der Waals surface area contributed by atoms with Gasteiger partial charge in [0.15, 0.2) is 0 Å². The van der Waals surface area contributed by atoms with Crippen LogP contribution in [0, 0.1) is 0 Å². The minimum atomic E-state index is -0.104. The monoisotopic (exact) mass is 104 g/mol. The van der Waals surface area contributed by atoms with Gasteiger partial charge < -0.3 is 0 Å². The Morgan fingerprint density at radius 2 is 1.25 bits per heavy atom. The molecule has 4 radical (unpaired) electrons. The highest BCUT2D eigenvalue weighted by Gasteiger charge is 2.43. The summed E-state index contributed by atoms with van der Waals surface area (Å²) in [6, 6.07) is 0. The van der Waals surface area contributed by atoms with E-state index in [2.05, 4.69) is 0 Å². The molecule has 0 N–H and O–H groups in total. The molecular formula is C6H10B2. The lowest BCUT2D eigenvalue weighted by molar-refractivity contribution is 0.262. The van der Waals surface area contributed by atoms with E-state index in [0.29, 0.717) is 0 Å². The van der Waals surface area contributed by atoms with Crippen LogP contribution >= 0.6 is 0 Å². The van der Waals surface area contributed by atoms with Crippen LogP contribution in [0.2, 0.25) is 10.6 Å². The van der Waals surface area contributed by atoms with Crippen LogP contribution in [-0.2, 0) is 0 Å². The molecule has 0 heterocycles. The van der Waals surface area contributed by atoms with E-state index in [1.54, 1.807) is 0 Å². The van der Waals surface area contributed by atoms with Crippen molar-refractivity contribution in [2.75, 3.05) is 0 Å². The van der Waals surface area contributed by atoms with E-state index in [1.165, 1.54) is 0 Å². The van der Waals surface area contributed by atoms with E-state index in [1.807, 2.05) is 13.8 Å². The smallest absolute Gasteiger partial charge is 0.0713 e. The van der Waals surface area contributed by atoms with Gasteiger partial charge in [-0.25, -0.2) is 0 Å². The van der Waals surface area contributed by atoms with Crippen LogP contribution in [-0.4, -0.2) is 15.7 Å². The maximum atomic E-state index is 5.77. The fourth-order valence-corrected chi connectivity index (χ4v) is 0.914. The van der Waals surface area contributed by atoms with E-state index in [-0.39, 0.29) is 10.6 Å². The van der Waals surface area contributed by atoms with E-state index in [9.17, 15) is 0 Å². The van der Waals surface area contributed by atoms with Gasteiger partial charge in [-0.15, -0.1) is 0 Å². The largest absolute Gasteiger partial charge is 0.0739 e. The molecule has 0 bridgehead atoms. The van der Waals surface area contributed by atoms with Gasteiger partial charge in [0.25, 0.3) is 0 Å². The summed E-state index contributed by atoms with van der Waals surface area (Å²) < 4.78 is 0. The molecule has 0 nitrogen and oxygen atoms in total. The Labute approximate surface area is 53.9 Å². The molecule has 0 aromatic heterocycles. The first kappa shape index (κ1) is 6.25. The standard InChI is InChI=1S/C6H10B2/c1-5(7)3-4-6(5,2)8/h3-4H2,1-2H3. The minimum absolute atomic E-state index is 0.104. The van der Waals surface area contributed by atoms with Gasteiger partial charge in [0, 0.05) is 0 Å². The summed E-state index contributed by atoms with van der Waals surface area (Å²) in [5.74, 6) is 0. The zero-order valence-electron chi connectivity index (χ0n) is 5.57. The molecule has 1 rings (SSSR count). The van der Waals surface area contributed by atoms with Crippen LogP contribution in [0.1, 0.15) is 26.7 Å². The molecule has 2 heteroatoms. The maximum absolute atomic E-state index is 5.77. The third kappa shape index (κ3) is 0.620. The van der Waals surface area contributed by atoms with Crippen LogP contribution in [0.3, 0.4) is 0 Å². The summed E-state index contributed by atoms with van der Waals surface area (Å²) >= 11 is 0. The molecule has 0 amide bonds. The zero-order chi connectivity index (χ0) is 6.41. The molecule has 40 valence electrons.